The summed E-state index contributed by atoms with van der Waals surface area (Å²) >= 11 is 0. The van der Waals surface area contributed by atoms with Crippen molar-refractivity contribution in [1.29, 1.82) is 0 Å². The molecular formula is C31H49NO9. The third-order valence-corrected chi connectivity index (χ3v) is 7.08. The van der Waals surface area contributed by atoms with Crippen LogP contribution >= 0.6 is 0 Å². The fraction of sp³-hybridized carbons (Fsp3) is 0.677. The molecule has 0 saturated heterocycles. The molecule has 0 saturated carbocycles. The first-order valence-corrected chi connectivity index (χ1v) is 14.3. The van der Waals surface area contributed by atoms with Gasteiger partial charge < -0.3 is 29.0 Å². The maximum absolute atomic E-state index is 12.9. The molecular weight excluding hydrogens is 530 g/mol. The summed E-state index contributed by atoms with van der Waals surface area (Å²) in [5.74, 6) is -0.861. The zero-order valence-electron chi connectivity index (χ0n) is 26.4. The number of rotatable bonds is 16. The third kappa shape index (κ3) is 12.1. The predicted molar refractivity (Wildman–Crippen MR) is 155 cm³/mol. The van der Waals surface area contributed by atoms with Gasteiger partial charge in [0.25, 0.3) is 0 Å². The van der Waals surface area contributed by atoms with Crippen LogP contribution in [0.3, 0.4) is 0 Å². The molecule has 0 radical (unpaired) electrons. The Labute approximate surface area is 244 Å². The van der Waals surface area contributed by atoms with Crippen LogP contribution in [-0.4, -0.2) is 56.5 Å². The zero-order chi connectivity index (χ0) is 31.4. The Hall–Kier alpha value is -3.14. The number of carbonyl (C=O) groups is 4. The van der Waals surface area contributed by atoms with Gasteiger partial charge in [-0.15, -0.1) is 0 Å². The lowest BCUT2D eigenvalue weighted by Crippen LogP contribution is -2.43. The van der Waals surface area contributed by atoms with E-state index >= 15 is 0 Å². The Bertz CT molecular complexity index is 1030. The number of methoxy groups -OCH3 is 1. The van der Waals surface area contributed by atoms with Crippen LogP contribution in [-0.2, 0) is 35.0 Å². The minimum absolute atomic E-state index is 0.0822. The standard InChI is InChI=1S/C31H49NO9/c1-11-30(6,7)27(34)40-24-14-13-22(18-25(24)41-28(35)31(8,9)12-2)17-23(26(33)37-10)32-19-21(5)39-29(36)38-16-15-20(3)4/h13-14,18,20-21,23,32H,11-12,15-17,19H2,1-10H3/t21?,23-/m0/s1. The van der Waals surface area contributed by atoms with Gasteiger partial charge in [-0.3, -0.25) is 14.4 Å². The first-order chi connectivity index (χ1) is 19.1. The Morgan fingerprint density at radius 2 is 1.44 bits per heavy atom. The summed E-state index contributed by atoms with van der Waals surface area (Å²) in [7, 11) is 1.28. The molecule has 1 aromatic carbocycles. The zero-order valence-corrected chi connectivity index (χ0v) is 26.4. The molecule has 0 spiro atoms. The summed E-state index contributed by atoms with van der Waals surface area (Å²) in [6.45, 7) is 17.0. The van der Waals surface area contributed by atoms with Gasteiger partial charge in [-0.2, -0.15) is 0 Å². The van der Waals surface area contributed by atoms with E-state index in [1.54, 1.807) is 52.8 Å². The van der Waals surface area contributed by atoms with Crippen LogP contribution in [0.15, 0.2) is 18.2 Å². The van der Waals surface area contributed by atoms with Crippen LogP contribution in [0.5, 0.6) is 11.5 Å². The molecule has 0 aliphatic rings. The maximum Gasteiger partial charge on any atom is 0.508 e. The van der Waals surface area contributed by atoms with Crippen molar-refractivity contribution in [2.45, 2.75) is 100 Å². The lowest BCUT2D eigenvalue weighted by Gasteiger charge is -2.24. The fourth-order valence-corrected chi connectivity index (χ4v) is 3.15. The van der Waals surface area contributed by atoms with Crippen molar-refractivity contribution in [3.8, 4) is 11.5 Å². The topological polar surface area (TPSA) is 126 Å². The van der Waals surface area contributed by atoms with Gasteiger partial charge in [0.15, 0.2) is 11.5 Å². The predicted octanol–water partition coefficient (Wildman–Crippen LogP) is 5.63. The number of hydrogen-bond donors (Lipinski definition) is 1. The van der Waals surface area contributed by atoms with Gasteiger partial charge in [0.05, 0.1) is 24.5 Å². The number of hydrogen-bond acceptors (Lipinski definition) is 10. The Morgan fingerprint density at radius 1 is 0.878 bits per heavy atom. The highest BCUT2D eigenvalue weighted by Gasteiger charge is 2.32. The molecule has 0 aliphatic heterocycles. The van der Waals surface area contributed by atoms with Crippen molar-refractivity contribution in [3.63, 3.8) is 0 Å². The minimum Gasteiger partial charge on any atom is -0.468 e. The minimum atomic E-state index is -0.800. The summed E-state index contributed by atoms with van der Waals surface area (Å²) < 4.78 is 26.7. The molecule has 0 fully saturated rings. The molecule has 1 rings (SSSR count). The van der Waals surface area contributed by atoms with Crippen LogP contribution in [0, 0.1) is 16.7 Å². The molecule has 1 unspecified atom stereocenters. The fourth-order valence-electron chi connectivity index (χ4n) is 3.15. The second-order valence-corrected chi connectivity index (χ2v) is 11.9. The molecule has 2 atom stereocenters. The maximum atomic E-state index is 12.9. The van der Waals surface area contributed by atoms with Crippen LogP contribution < -0.4 is 14.8 Å². The molecule has 1 N–H and O–H groups in total. The number of carbonyl (C=O) groups excluding carboxylic acids is 4. The van der Waals surface area contributed by atoms with Gasteiger partial charge in [0.2, 0.25) is 0 Å². The number of ether oxygens (including phenoxy) is 5. The highest BCUT2D eigenvalue weighted by atomic mass is 16.7. The van der Waals surface area contributed by atoms with E-state index in [0.717, 1.165) is 6.42 Å². The van der Waals surface area contributed by atoms with Crippen LogP contribution in [0.25, 0.3) is 0 Å². The Kier molecular flexibility index (Phi) is 14.3. The Balaban J connectivity index is 3.11. The van der Waals surface area contributed by atoms with E-state index in [2.05, 4.69) is 5.32 Å². The van der Waals surface area contributed by atoms with Crippen molar-refractivity contribution in [2.24, 2.45) is 16.7 Å². The average molecular weight is 580 g/mol. The lowest BCUT2D eigenvalue weighted by atomic mass is 9.90. The molecule has 10 heteroatoms. The van der Waals surface area contributed by atoms with Crippen LogP contribution in [0.2, 0.25) is 0 Å². The summed E-state index contributed by atoms with van der Waals surface area (Å²) in [5.41, 5.74) is -0.870. The number of benzene rings is 1. The quantitative estimate of drug-likeness (QED) is 0.194. The second kappa shape index (κ2) is 16.3. The van der Waals surface area contributed by atoms with E-state index in [-0.39, 0.29) is 31.1 Å². The van der Waals surface area contributed by atoms with Crippen LogP contribution in [0.4, 0.5) is 4.79 Å². The summed E-state index contributed by atoms with van der Waals surface area (Å²) in [4.78, 5) is 50.2. The lowest BCUT2D eigenvalue weighted by molar-refractivity contribution is -0.147. The molecule has 0 heterocycles. The molecule has 232 valence electrons. The number of nitrogens with one attached hydrogen (secondary N) is 1. The molecule has 0 amide bonds. The van der Waals surface area contributed by atoms with Gasteiger partial charge in [0, 0.05) is 6.54 Å². The van der Waals surface area contributed by atoms with Gasteiger partial charge in [-0.05, 0) is 83.9 Å². The van der Waals surface area contributed by atoms with Crippen molar-refractivity contribution >= 4 is 24.1 Å². The van der Waals surface area contributed by atoms with Gasteiger partial charge in [-0.25, -0.2) is 4.79 Å². The van der Waals surface area contributed by atoms with E-state index in [9.17, 15) is 19.2 Å². The summed E-state index contributed by atoms with van der Waals surface area (Å²) in [6, 6.07) is 4.02. The Morgan fingerprint density at radius 3 is 1.95 bits per heavy atom. The largest absolute Gasteiger partial charge is 0.508 e. The van der Waals surface area contributed by atoms with Crippen molar-refractivity contribution in [3.05, 3.63) is 23.8 Å². The summed E-state index contributed by atoms with van der Waals surface area (Å²) in [6.07, 6.45) is 0.649. The van der Waals surface area contributed by atoms with E-state index < -0.39 is 47.0 Å². The third-order valence-electron chi connectivity index (χ3n) is 7.08. The average Bonchev–Trinajstić information content (AvgIpc) is 2.91. The highest BCUT2D eigenvalue weighted by molar-refractivity contribution is 5.81. The van der Waals surface area contributed by atoms with E-state index in [4.69, 9.17) is 23.7 Å². The molecule has 0 bridgehead atoms. The highest BCUT2D eigenvalue weighted by Crippen LogP contribution is 2.34. The van der Waals surface area contributed by atoms with Gasteiger partial charge >= 0.3 is 24.1 Å². The van der Waals surface area contributed by atoms with E-state index in [1.807, 2.05) is 27.7 Å². The molecule has 1 aromatic rings. The van der Waals surface area contributed by atoms with E-state index in [0.29, 0.717) is 24.3 Å². The molecule has 10 nitrogen and oxygen atoms in total. The van der Waals surface area contributed by atoms with Crippen molar-refractivity contribution < 1.29 is 42.9 Å². The smallest absolute Gasteiger partial charge is 0.468 e. The number of esters is 3. The first kappa shape index (κ1) is 35.9. The van der Waals surface area contributed by atoms with E-state index in [1.165, 1.54) is 7.11 Å². The van der Waals surface area contributed by atoms with Crippen molar-refractivity contribution in [1.82, 2.24) is 5.32 Å². The SMILES string of the molecule is CCC(C)(C)C(=O)Oc1ccc(C[C@H](NCC(C)OC(=O)OCCC(C)C)C(=O)OC)cc1OC(=O)C(C)(C)CC. The van der Waals surface area contributed by atoms with Crippen LogP contribution in [0.1, 0.15) is 87.1 Å². The molecule has 41 heavy (non-hydrogen) atoms. The molecule has 0 aliphatic carbocycles. The molecule has 0 aromatic heterocycles. The van der Waals surface area contributed by atoms with Gasteiger partial charge in [-0.1, -0.05) is 33.8 Å². The second-order valence-electron chi connectivity index (χ2n) is 11.9. The summed E-state index contributed by atoms with van der Waals surface area (Å²) in [5, 5.41) is 3.07. The first-order valence-electron chi connectivity index (χ1n) is 14.3. The van der Waals surface area contributed by atoms with Gasteiger partial charge in [0.1, 0.15) is 12.1 Å². The normalized spacial score (nSPS) is 13.2. The van der Waals surface area contributed by atoms with Crippen molar-refractivity contribution in [2.75, 3.05) is 20.3 Å². The monoisotopic (exact) mass is 579 g/mol.